The second-order valence-electron chi connectivity index (χ2n) is 10.7. The molecule has 220 valence electrons. The minimum absolute atomic E-state index is 0.111. The fourth-order valence-electron chi connectivity index (χ4n) is 5.85. The van der Waals surface area contributed by atoms with Gasteiger partial charge in [0.1, 0.15) is 11.9 Å². The lowest BCUT2D eigenvalue weighted by molar-refractivity contribution is -0.198. The van der Waals surface area contributed by atoms with Gasteiger partial charge in [-0.15, -0.1) is 0 Å². The zero-order valence-corrected chi connectivity index (χ0v) is 22.9. The highest BCUT2D eigenvalue weighted by Gasteiger charge is 2.46. The Labute approximate surface area is 243 Å². The molecule has 1 spiro atoms. The largest absolute Gasteiger partial charge is 0.480 e. The van der Waals surface area contributed by atoms with Crippen LogP contribution < -0.4 is 20.7 Å². The summed E-state index contributed by atoms with van der Waals surface area (Å²) in [6.45, 7) is 1.65. The van der Waals surface area contributed by atoms with Crippen LogP contribution in [0.2, 0.25) is 5.02 Å². The van der Waals surface area contributed by atoms with Gasteiger partial charge in [-0.05, 0) is 42.9 Å². The molecule has 0 radical (unpaired) electrons. The number of carbonyl (C=O) groups is 1. The number of aliphatic carboxylic acids is 1. The Balaban J connectivity index is 1.29. The van der Waals surface area contributed by atoms with E-state index in [0.717, 1.165) is 5.39 Å². The van der Waals surface area contributed by atoms with Crippen LogP contribution in [0, 0.1) is 5.41 Å². The molecule has 6 rings (SSSR count). The molecule has 2 saturated heterocycles. The molecule has 4 N–H and O–H groups in total. The molecule has 4 aromatic rings. The first-order valence-electron chi connectivity index (χ1n) is 13.3. The summed E-state index contributed by atoms with van der Waals surface area (Å²) in [7, 11) is 0. The number of hydrogen-bond acceptors (Lipinski definition) is 8. The van der Waals surface area contributed by atoms with E-state index in [9.17, 15) is 23.1 Å². The van der Waals surface area contributed by atoms with Crippen molar-refractivity contribution in [1.82, 2.24) is 25.1 Å². The number of anilines is 2. The van der Waals surface area contributed by atoms with Crippen molar-refractivity contribution in [2.45, 2.75) is 37.6 Å². The van der Waals surface area contributed by atoms with E-state index in [-0.39, 0.29) is 33.5 Å². The maximum Gasteiger partial charge on any atom is 0.429 e. The number of nitrogen functional groups attached to an aromatic ring is 1. The maximum atomic E-state index is 14.6. The fraction of sp³-hybridized carbons (Fsp3) is 0.357. The molecule has 0 aliphatic carbocycles. The monoisotopic (exact) mass is 601 g/mol. The van der Waals surface area contributed by atoms with Crippen molar-refractivity contribution in [1.29, 1.82) is 0 Å². The maximum absolute atomic E-state index is 14.6. The number of fused-ring (bicyclic) bond motifs is 1. The molecule has 2 aromatic carbocycles. The van der Waals surface area contributed by atoms with Gasteiger partial charge in [0.25, 0.3) is 0 Å². The number of hydrogen-bond donors (Lipinski definition) is 3. The number of nitrogens with one attached hydrogen (secondary N) is 1. The van der Waals surface area contributed by atoms with Crippen LogP contribution in [-0.4, -0.2) is 62.7 Å². The van der Waals surface area contributed by atoms with E-state index < -0.39 is 24.3 Å². The van der Waals surface area contributed by atoms with E-state index in [4.69, 9.17) is 22.1 Å². The van der Waals surface area contributed by atoms with E-state index in [1.807, 2.05) is 17.0 Å². The lowest BCUT2D eigenvalue weighted by atomic mass is 9.76. The number of carboxylic acid groups (broad SMARTS) is 1. The standard InChI is InChI=1S/C28H27ClF3N7O3/c29-17-5-6-18(21(11-17)39-20-4-2-1-3-16(20)14-35-39)24(28(30,31)32)42-23-12-22(36-26(33)37-23)38-9-7-27(8-10-38)13-19(25(40)41)34-15-27/h1-6,11-12,14,19,24,34H,7-10,13,15H2,(H,40,41)(H2,33,36,37). The van der Waals surface area contributed by atoms with Gasteiger partial charge in [0, 0.05) is 41.7 Å². The number of halogens is 4. The van der Waals surface area contributed by atoms with Crippen LogP contribution in [0.1, 0.15) is 30.9 Å². The molecule has 2 unspecified atom stereocenters. The lowest BCUT2D eigenvalue weighted by Gasteiger charge is -2.39. The Kier molecular flexibility index (Phi) is 7.09. The van der Waals surface area contributed by atoms with Gasteiger partial charge in [0.2, 0.25) is 17.9 Å². The number of piperidine rings is 1. The summed E-state index contributed by atoms with van der Waals surface area (Å²) in [4.78, 5) is 21.5. The van der Waals surface area contributed by atoms with E-state index in [0.29, 0.717) is 50.2 Å². The van der Waals surface area contributed by atoms with Crippen molar-refractivity contribution >= 4 is 40.2 Å². The summed E-state index contributed by atoms with van der Waals surface area (Å²) in [5.41, 5.74) is 6.28. The van der Waals surface area contributed by atoms with Gasteiger partial charge >= 0.3 is 12.1 Å². The molecule has 4 heterocycles. The second-order valence-corrected chi connectivity index (χ2v) is 11.2. The van der Waals surface area contributed by atoms with Gasteiger partial charge < -0.3 is 25.8 Å². The number of nitrogens with two attached hydrogens (primary N) is 1. The molecule has 2 aliphatic rings. The van der Waals surface area contributed by atoms with Crippen molar-refractivity contribution in [3.63, 3.8) is 0 Å². The molecule has 2 aliphatic heterocycles. The van der Waals surface area contributed by atoms with Crippen LogP contribution in [0.5, 0.6) is 5.88 Å². The molecule has 0 bridgehead atoms. The highest BCUT2D eigenvalue weighted by molar-refractivity contribution is 6.30. The molecule has 10 nitrogen and oxygen atoms in total. The van der Waals surface area contributed by atoms with Crippen LogP contribution in [0.25, 0.3) is 16.6 Å². The Morgan fingerprint density at radius 2 is 1.93 bits per heavy atom. The molecule has 0 saturated carbocycles. The van der Waals surface area contributed by atoms with E-state index in [1.54, 1.807) is 18.3 Å². The highest BCUT2D eigenvalue weighted by atomic mass is 35.5. The third-order valence-electron chi connectivity index (χ3n) is 8.03. The van der Waals surface area contributed by atoms with Crippen molar-refractivity contribution in [3.05, 3.63) is 65.3 Å². The molecule has 42 heavy (non-hydrogen) atoms. The van der Waals surface area contributed by atoms with Crippen LogP contribution in [0.4, 0.5) is 24.9 Å². The van der Waals surface area contributed by atoms with Crippen LogP contribution >= 0.6 is 11.6 Å². The number of nitrogens with zero attached hydrogens (tertiary/aromatic N) is 5. The quantitative estimate of drug-likeness (QED) is 0.286. The van der Waals surface area contributed by atoms with Crippen LogP contribution in [0.15, 0.2) is 54.7 Å². The van der Waals surface area contributed by atoms with Crippen molar-refractivity contribution < 1.29 is 27.8 Å². The van der Waals surface area contributed by atoms with Crippen molar-refractivity contribution in [2.75, 3.05) is 30.3 Å². The van der Waals surface area contributed by atoms with Gasteiger partial charge in [-0.1, -0.05) is 35.9 Å². The normalized spacial score (nSPS) is 19.3. The molecule has 14 heteroatoms. The number of carboxylic acids is 1. The zero-order valence-electron chi connectivity index (χ0n) is 22.2. The predicted octanol–water partition coefficient (Wildman–Crippen LogP) is 4.77. The minimum atomic E-state index is -4.83. The Morgan fingerprint density at radius 1 is 1.17 bits per heavy atom. The average molecular weight is 602 g/mol. The number of benzene rings is 2. The Hall–Kier alpha value is -4.10. The predicted molar refractivity (Wildman–Crippen MR) is 150 cm³/mol. The summed E-state index contributed by atoms with van der Waals surface area (Å²) in [6, 6.07) is 11.9. The topological polar surface area (TPSA) is 131 Å². The molecular weight excluding hydrogens is 575 g/mol. The summed E-state index contributed by atoms with van der Waals surface area (Å²) in [6.07, 6.45) is -3.77. The Bertz CT molecular complexity index is 1640. The second kappa shape index (κ2) is 10.6. The van der Waals surface area contributed by atoms with Gasteiger partial charge in [-0.3, -0.25) is 4.79 Å². The minimum Gasteiger partial charge on any atom is -0.480 e. The molecule has 2 fully saturated rings. The number of ether oxygens (including phenoxy) is 1. The number of aromatic nitrogens is 4. The number of rotatable bonds is 6. The first-order chi connectivity index (χ1) is 20.0. The smallest absolute Gasteiger partial charge is 0.429 e. The van der Waals surface area contributed by atoms with Gasteiger partial charge in [0.05, 0.1) is 17.4 Å². The van der Waals surface area contributed by atoms with E-state index >= 15 is 0 Å². The van der Waals surface area contributed by atoms with E-state index in [1.165, 1.54) is 28.9 Å². The molecule has 0 amide bonds. The first kappa shape index (κ1) is 28.0. The van der Waals surface area contributed by atoms with Crippen molar-refractivity contribution in [2.24, 2.45) is 5.41 Å². The SMILES string of the molecule is Nc1nc(OC(c2ccc(Cl)cc2-n2ncc3ccccc32)C(F)(F)F)cc(N2CCC3(CC2)CNC(C(=O)O)C3)n1. The lowest BCUT2D eigenvalue weighted by Crippen LogP contribution is -2.41. The number of para-hydroxylation sites is 1. The molecular formula is C28H27ClF3N7O3. The van der Waals surface area contributed by atoms with Gasteiger partial charge in [0.15, 0.2) is 0 Å². The third-order valence-corrected chi connectivity index (χ3v) is 8.26. The fourth-order valence-corrected chi connectivity index (χ4v) is 6.01. The summed E-state index contributed by atoms with van der Waals surface area (Å²) in [5.74, 6) is -1.10. The average Bonchev–Trinajstić information content (AvgIpc) is 3.56. The zero-order chi connectivity index (χ0) is 29.6. The summed E-state index contributed by atoms with van der Waals surface area (Å²) < 4.78 is 50.8. The molecule has 2 aromatic heterocycles. The summed E-state index contributed by atoms with van der Waals surface area (Å²) in [5, 5.41) is 17.7. The van der Waals surface area contributed by atoms with Crippen LogP contribution in [0.3, 0.4) is 0 Å². The highest BCUT2D eigenvalue weighted by Crippen LogP contribution is 2.42. The summed E-state index contributed by atoms with van der Waals surface area (Å²) >= 11 is 6.22. The van der Waals surface area contributed by atoms with Gasteiger partial charge in [-0.25, -0.2) is 4.68 Å². The van der Waals surface area contributed by atoms with Gasteiger partial charge in [-0.2, -0.15) is 28.2 Å². The van der Waals surface area contributed by atoms with Crippen molar-refractivity contribution in [3.8, 4) is 11.6 Å². The number of alkyl halides is 3. The Morgan fingerprint density at radius 3 is 2.64 bits per heavy atom. The first-order valence-corrected chi connectivity index (χ1v) is 13.7. The third kappa shape index (κ3) is 5.41. The molecule has 2 atom stereocenters. The van der Waals surface area contributed by atoms with E-state index in [2.05, 4.69) is 20.4 Å². The van der Waals surface area contributed by atoms with Crippen LogP contribution in [-0.2, 0) is 4.79 Å².